The van der Waals surface area contributed by atoms with Gasteiger partial charge in [0.05, 0.1) is 0 Å². The number of nitrogens with zero attached hydrogens (tertiary/aromatic N) is 2. The minimum atomic E-state index is -1.08. The van der Waals surface area contributed by atoms with E-state index in [1.807, 2.05) is 30.3 Å². The molecule has 5 nitrogen and oxygen atoms in total. The molecular weight excluding hydrogens is 385 g/mol. The summed E-state index contributed by atoms with van der Waals surface area (Å²) >= 11 is 5.96. The molecule has 2 N–H and O–H groups in total. The van der Waals surface area contributed by atoms with E-state index in [2.05, 4.69) is 0 Å². The summed E-state index contributed by atoms with van der Waals surface area (Å²) in [6, 6.07) is 16.3. The monoisotopic (exact) mass is 407 g/mol. The van der Waals surface area contributed by atoms with Crippen molar-refractivity contribution in [3.8, 4) is 0 Å². The molecule has 3 rings (SSSR count). The van der Waals surface area contributed by atoms with Crippen LogP contribution < -0.4 is 5.73 Å². The van der Waals surface area contributed by atoms with Gasteiger partial charge in [0.15, 0.2) is 0 Å². The summed E-state index contributed by atoms with van der Waals surface area (Å²) in [6.45, 7) is 3.60. The van der Waals surface area contributed by atoms with Crippen molar-refractivity contribution in [3.05, 3.63) is 70.7 Å². The average molecular weight is 408 g/mol. The minimum absolute atomic E-state index is 0. The zero-order chi connectivity index (χ0) is 18.7. The lowest BCUT2D eigenvalue weighted by molar-refractivity contribution is -0.138. The van der Waals surface area contributed by atoms with E-state index < -0.39 is 5.54 Å². The van der Waals surface area contributed by atoms with E-state index in [1.54, 1.807) is 41.0 Å². The maximum Gasteiger partial charge on any atom is 0.254 e. The van der Waals surface area contributed by atoms with Gasteiger partial charge in [-0.3, -0.25) is 9.59 Å². The van der Waals surface area contributed by atoms with Gasteiger partial charge in [-0.15, -0.1) is 12.4 Å². The second-order valence-electron chi connectivity index (χ2n) is 6.66. The lowest BCUT2D eigenvalue weighted by Crippen LogP contribution is -2.57. The van der Waals surface area contributed by atoms with Crippen LogP contribution in [0.1, 0.15) is 22.8 Å². The summed E-state index contributed by atoms with van der Waals surface area (Å²) in [4.78, 5) is 29.0. The highest BCUT2D eigenvalue weighted by atomic mass is 35.5. The maximum atomic E-state index is 12.9. The van der Waals surface area contributed by atoms with Gasteiger partial charge in [-0.1, -0.05) is 48.0 Å². The topological polar surface area (TPSA) is 66.6 Å². The maximum absolute atomic E-state index is 12.9. The Morgan fingerprint density at radius 2 is 1.56 bits per heavy atom. The number of hydrogen-bond donors (Lipinski definition) is 1. The summed E-state index contributed by atoms with van der Waals surface area (Å²) in [5.41, 5.74) is 6.59. The van der Waals surface area contributed by atoms with Crippen LogP contribution in [0.25, 0.3) is 0 Å². The highest BCUT2D eigenvalue weighted by molar-refractivity contribution is 6.30. The van der Waals surface area contributed by atoms with Gasteiger partial charge in [0.25, 0.3) is 5.91 Å². The Hall–Kier alpha value is -2.08. The summed E-state index contributed by atoms with van der Waals surface area (Å²) in [5.74, 6) is -0.197. The van der Waals surface area contributed by atoms with Crippen molar-refractivity contribution >= 4 is 35.8 Å². The van der Waals surface area contributed by atoms with E-state index in [4.69, 9.17) is 17.3 Å². The van der Waals surface area contributed by atoms with Crippen LogP contribution in [0.3, 0.4) is 0 Å². The molecule has 1 heterocycles. The first-order valence-corrected chi connectivity index (χ1v) is 8.96. The molecular formula is C20H23Cl2N3O2. The fourth-order valence-corrected chi connectivity index (χ4v) is 3.34. The predicted octanol–water partition coefficient (Wildman–Crippen LogP) is 2.92. The Labute approximate surface area is 170 Å². The Bertz CT molecular complexity index is 804. The van der Waals surface area contributed by atoms with Crippen LogP contribution in [0.2, 0.25) is 5.02 Å². The number of rotatable bonds is 3. The van der Waals surface area contributed by atoms with E-state index in [0.717, 1.165) is 5.56 Å². The standard InChI is InChI=1S/C20H22ClN3O2.ClH/c1-20(22,16-7-3-2-4-8-16)19(26)24-12-10-23(11-13-24)18(25)15-6-5-9-17(21)14-15;/h2-9,14H,10-13,22H2,1H3;1H. The molecule has 1 saturated heterocycles. The second kappa shape index (κ2) is 8.74. The molecule has 2 amide bonds. The van der Waals surface area contributed by atoms with Crippen molar-refractivity contribution < 1.29 is 9.59 Å². The zero-order valence-electron chi connectivity index (χ0n) is 15.1. The predicted molar refractivity (Wildman–Crippen MR) is 109 cm³/mol. The number of amides is 2. The molecule has 0 aromatic heterocycles. The van der Waals surface area contributed by atoms with E-state index >= 15 is 0 Å². The molecule has 0 aliphatic carbocycles. The van der Waals surface area contributed by atoms with Crippen molar-refractivity contribution in [2.45, 2.75) is 12.5 Å². The number of carbonyl (C=O) groups is 2. The average Bonchev–Trinajstić information content (AvgIpc) is 2.67. The molecule has 0 radical (unpaired) electrons. The number of halogens is 2. The molecule has 1 unspecified atom stereocenters. The second-order valence-corrected chi connectivity index (χ2v) is 7.10. The van der Waals surface area contributed by atoms with E-state index in [0.29, 0.717) is 36.8 Å². The highest BCUT2D eigenvalue weighted by Gasteiger charge is 2.36. The number of benzene rings is 2. The molecule has 2 aromatic carbocycles. The molecule has 7 heteroatoms. The molecule has 1 fully saturated rings. The Balaban J connectivity index is 0.00000261. The van der Waals surface area contributed by atoms with Crippen LogP contribution in [-0.4, -0.2) is 47.8 Å². The quantitative estimate of drug-likeness (QED) is 0.850. The first-order valence-electron chi connectivity index (χ1n) is 8.58. The zero-order valence-corrected chi connectivity index (χ0v) is 16.7. The minimum Gasteiger partial charge on any atom is -0.337 e. The third kappa shape index (κ3) is 4.61. The lowest BCUT2D eigenvalue weighted by Gasteiger charge is -2.38. The van der Waals surface area contributed by atoms with Crippen LogP contribution in [0.5, 0.6) is 0 Å². The fourth-order valence-electron chi connectivity index (χ4n) is 3.15. The molecule has 0 saturated carbocycles. The number of carbonyl (C=O) groups excluding carboxylic acids is 2. The molecule has 27 heavy (non-hydrogen) atoms. The lowest BCUT2D eigenvalue weighted by atomic mass is 9.91. The summed E-state index contributed by atoms with van der Waals surface area (Å²) < 4.78 is 0. The molecule has 0 bridgehead atoms. The Kier molecular flexibility index (Phi) is 6.87. The van der Waals surface area contributed by atoms with Crippen LogP contribution in [0.4, 0.5) is 0 Å². The van der Waals surface area contributed by atoms with Crippen molar-refractivity contribution in [2.24, 2.45) is 5.73 Å². The molecule has 0 spiro atoms. The van der Waals surface area contributed by atoms with Gasteiger partial charge in [-0.25, -0.2) is 0 Å². The third-order valence-electron chi connectivity index (χ3n) is 4.74. The van der Waals surface area contributed by atoms with Gasteiger partial charge < -0.3 is 15.5 Å². The van der Waals surface area contributed by atoms with Crippen LogP contribution in [0.15, 0.2) is 54.6 Å². The van der Waals surface area contributed by atoms with Crippen molar-refractivity contribution in [1.29, 1.82) is 0 Å². The Morgan fingerprint density at radius 3 is 2.15 bits per heavy atom. The SMILES string of the molecule is CC(N)(C(=O)N1CCN(C(=O)c2cccc(Cl)c2)CC1)c1ccccc1.Cl. The van der Waals surface area contributed by atoms with E-state index in [1.165, 1.54) is 0 Å². The van der Waals surface area contributed by atoms with Crippen molar-refractivity contribution in [1.82, 2.24) is 9.80 Å². The van der Waals surface area contributed by atoms with Crippen LogP contribution >= 0.6 is 24.0 Å². The van der Waals surface area contributed by atoms with Gasteiger partial charge in [0, 0.05) is 36.8 Å². The first-order chi connectivity index (χ1) is 12.4. The van der Waals surface area contributed by atoms with Crippen LogP contribution in [0, 0.1) is 0 Å². The van der Waals surface area contributed by atoms with Crippen molar-refractivity contribution in [3.63, 3.8) is 0 Å². The molecule has 1 aliphatic rings. The smallest absolute Gasteiger partial charge is 0.254 e. The number of nitrogens with two attached hydrogens (primary N) is 1. The molecule has 2 aromatic rings. The van der Waals surface area contributed by atoms with Gasteiger partial charge in [-0.2, -0.15) is 0 Å². The van der Waals surface area contributed by atoms with E-state index in [9.17, 15) is 9.59 Å². The van der Waals surface area contributed by atoms with Gasteiger partial charge in [0.2, 0.25) is 5.91 Å². The normalized spacial score (nSPS) is 16.3. The number of hydrogen-bond acceptors (Lipinski definition) is 3. The van der Waals surface area contributed by atoms with Gasteiger partial charge in [-0.05, 0) is 30.7 Å². The molecule has 144 valence electrons. The highest BCUT2D eigenvalue weighted by Crippen LogP contribution is 2.22. The van der Waals surface area contributed by atoms with E-state index in [-0.39, 0.29) is 24.2 Å². The Morgan fingerprint density at radius 1 is 0.963 bits per heavy atom. The van der Waals surface area contributed by atoms with Gasteiger partial charge >= 0.3 is 0 Å². The third-order valence-corrected chi connectivity index (χ3v) is 4.98. The summed E-state index contributed by atoms with van der Waals surface area (Å²) in [7, 11) is 0. The number of piperazine rings is 1. The molecule has 1 aliphatic heterocycles. The molecule has 1 atom stereocenters. The summed E-state index contributed by atoms with van der Waals surface area (Å²) in [6.07, 6.45) is 0. The summed E-state index contributed by atoms with van der Waals surface area (Å²) in [5, 5.41) is 0.534. The van der Waals surface area contributed by atoms with Crippen molar-refractivity contribution in [2.75, 3.05) is 26.2 Å². The first kappa shape index (κ1) is 21.2. The fraction of sp³-hybridized carbons (Fsp3) is 0.300. The van der Waals surface area contributed by atoms with Gasteiger partial charge in [0.1, 0.15) is 5.54 Å². The largest absolute Gasteiger partial charge is 0.337 e. The van der Waals surface area contributed by atoms with Crippen LogP contribution in [-0.2, 0) is 10.3 Å².